The average Bonchev–Trinajstić information content (AvgIpc) is 3.68. The van der Waals surface area contributed by atoms with E-state index >= 15 is 0 Å². The molecule has 0 spiro atoms. The normalized spacial score (nSPS) is 14.5. The Labute approximate surface area is 556 Å². The monoisotopic (exact) mass is 1340 g/mol. The molecule has 0 rings (SSSR count). The average molecular weight is 1340 g/mol. The lowest BCUT2D eigenvalue weighted by molar-refractivity contribution is -0.161. The van der Waals surface area contributed by atoms with Crippen molar-refractivity contribution < 1.29 is 80.2 Å². The molecule has 0 amide bonds. The molecule has 540 valence electrons. The van der Waals surface area contributed by atoms with Gasteiger partial charge in [-0.1, -0.05) is 312 Å². The molecular weight excluding hydrogens is 1200 g/mol. The van der Waals surface area contributed by atoms with Crippen molar-refractivity contribution in [2.24, 2.45) is 17.8 Å². The van der Waals surface area contributed by atoms with E-state index in [1.54, 1.807) is 0 Å². The van der Waals surface area contributed by atoms with Gasteiger partial charge in [0.2, 0.25) is 0 Å². The number of esters is 4. The molecule has 3 unspecified atom stereocenters. The maximum atomic E-state index is 13.0. The molecular formula is C72H140O17P2. The van der Waals surface area contributed by atoms with E-state index < -0.39 is 97.5 Å². The summed E-state index contributed by atoms with van der Waals surface area (Å²) < 4.78 is 68.3. The zero-order chi connectivity index (χ0) is 67.3. The first-order valence-electron chi connectivity index (χ1n) is 37.4. The van der Waals surface area contributed by atoms with Crippen molar-refractivity contribution in [3.8, 4) is 0 Å². The fourth-order valence-electron chi connectivity index (χ4n) is 10.9. The molecule has 0 heterocycles. The van der Waals surface area contributed by atoms with Crippen molar-refractivity contribution in [3.05, 3.63) is 0 Å². The number of hydrogen-bond donors (Lipinski definition) is 3. The predicted octanol–water partition coefficient (Wildman–Crippen LogP) is 20.6. The van der Waals surface area contributed by atoms with Gasteiger partial charge in [-0.2, -0.15) is 0 Å². The summed E-state index contributed by atoms with van der Waals surface area (Å²) in [5.41, 5.74) is 0. The zero-order valence-electron chi connectivity index (χ0n) is 59.3. The van der Waals surface area contributed by atoms with Crippen molar-refractivity contribution in [1.82, 2.24) is 0 Å². The van der Waals surface area contributed by atoms with Crippen LogP contribution < -0.4 is 0 Å². The molecule has 0 aliphatic rings. The molecule has 0 saturated carbocycles. The third-order valence-corrected chi connectivity index (χ3v) is 18.9. The summed E-state index contributed by atoms with van der Waals surface area (Å²) in [6.45, 7) is 11.9. The van der Waals surface area contributed by atoms with E-state index in [2.05, 4.69) is 48.5 Å². The Bertz CT molecular complexity index is 1790. The molecule has 0 aliphatic heterocycles. The highest BCUT2D eigenvalue weighted by atomic mass is 31.2. The molecule has 6 atom stereocenters. The summed E-state index contributed by atoms with van der Waals surface area (Å²) in [4.78, 5) is 72.5. The number of phosphoric acid groups is 2. The first kappa shape index (κ1) is 89.1. The number of rotatable bonds is 70. The lowest BCUT2D eigenvalue weighted by atomic mass is 9.99. The van der Waals surface area contributed by atoms with Crippen LogP contribution in [0.1, 0.15) is 363 Å². The summed E-state index contributed by atoms with van der Waals surface area (Å²) in [5, 5.41) is 10.6. The Kier molecular flexibility index (Phi) is 61.5. The number of unbranched alkanes of at least 4 members (excludes halogenated alkanes) is 37. The lowest BCUT2D eigenvalue weighted by Crippen LogP contribution is -2.30. The second-order valence-corrected chi connectivity index (χ2v) is 30.1. The number of ether oxygens (including phenoxy) is 4. The smallest absolute Gasteiger partial charge is 0.462 e. The van der Waals surface area contributed by atoms with Crippen molar-refractivity contribution in [1.29, 1.82) is 0 Å². The topological polar surface area (TPSA) is 237 Å². The molecule has 0 bridgehead atoms. The molecule has 0 aromatic heterocycles. The molecule has 0 radical (unpaired) electrons. The summed E-state index contributed by atoms with van der Waals surface area (Å²) >= 11 is 0. The Hall–Kier alpha value is -1.94. The largest absolute Gasteiger partial charge is 0.472 e. The van der Waals surface area contributed by atoms with E-state index in [-0.39, 0.29) is 25.7 Å². The first-order chi connectivity index (χ1) is 43.8. The zero-order valence-corrected chi connectivity index (χ0v) is 61.1. The minimum atomic E-state index is -4.95. The second-order valence-electron chi connectivity index (χ2n) is 27.2. The minimum absolute atomic E-state index is 0.104. The van der Waals surface area contributed by atoms with Crippen LogP contribution >= 0.6 is 15.6 Å². The third kappa shape index (κ3) is 65.1. The van der Waals surface area contributed by atoms with E-state index in [0.717, 1.165) is 120 Å². The van der Waals surface area contributed by atoms with Crippen LogP contribution in [0.25, 0.3) is 0 Å². The summed E-state index contributed by atoms with van der Waals surface area (Å²) in [6.07, 6.45) is 47.2. The van der Waals surface area contributed by atoms with Crippen LogP contribution in [-0.2, 0) is 65.4 Å². The van der Waals surface area contributed by atoms with Crippen LogP contribution in [0, 0.1) is 17.8 Å². The molecule has 0 fully saturated rings. The van der Waals surface area contributed by atoms with Gasteiger partial charge in [-0.05, 0) is 43.4 Å². The molecule has 0 aromatic carbocycles. The highest BCUT2D eigenvalue weighted by molar-refractivity contribution is 7.47. The summed E-state index contributed by atoms with van der Waals surface area (Å²) in [6, 6.07) is 0. The SMILES string of the molecule is CCCCCCCCCC(=O)OC[C@H](COP(=O)(O)OC[C@H](O)COP(=O)(O)OC[C@@H](COC(=O)CCCCCCCCCCCCCCCC(C)C)OC(=O)CCCCCCCCCCCCCCCC(C)C)OC(=O)CCCCCCCCCCC(C)CC. The van der Waals surface area contributed by atoms with Crippen LogP contribution in [0.15, 0.2) is 0 Å². The van der Waals surface area contributed by atoms with Gasteiger partial charge in [0.15, 0.2) is 12.2 Å². The van der Waals surface area contributed by atoms with Gasteiger partial charge in [0.25, 0.3) is 0 Å². The number of carbonyl (C=O) groups excluding carboxylic acids is 4. The van der Waals surface area contributed by atoms with Crippen LogP contribution in [-0.4, -0.2) is 96.7 Å². The van der Waals surface area contributed by atoms with Crippen molar-refractivity contribution in [2.75, 3.05) is 39.6 Å². The van der Waals surface area contributed by atoms with Gasteiger partial charge in [0.1, 0.15) is 19.3 Å². The highest BCUT2D eigenvalue weighted by Gasteiger charge is 2.30. The standard InChI is InChI=1S/C72H140O17P2/c1-8-10-11-12-29-39-46-53-69(74)82-59-67(89-72(77)56-49-42-35-28-27-32-38-45-52-65(7)9-2)61-86-90(78,79)84-57-66(73)58-85-91(80,81)87-62-68(88-71(76)55-48-41-34-26-22-18-14-16-20-24-31-37-44-51-64(5)6)60-83-70(75)54-47-40-33-25-21-17-13-15-19-23-30-36-43-50-63(3)4/h63-68,73H,8-62H2,1-7H3,(H,78,79)(H,80,81)/t65?,66-,67+,68+/m0/s1. The van der Waals surface area contributed by atoms with Gasteiger partial charge in [0, 0.05) is 25.7 Å². The fourth-order valence-corrected chi connectivity index (χ4v) is 12.4. The van der Waals surface area contributed by atoms with Crippen molar-refractivity contribution in [3.63, 3.8) is 0 Å². The molecule has 0 saturated heterocycles. The second kappa shape index (κ2) is 62.8. The molecule has 91 heavy (non-hydrogen) atoms. The summed E-state index contributed by atoms with van der Waals surface area (Å²) in [7, 11) is -9.90. The summed E-state index contributed by atoms with van der Waals surface area (Å²) in [5.74, 6) is 0.219. The lowest BCUT2D eigenvalue weighted by Gasteiger charge is -2.21. The molecule has 19 heteroatoms. The maximum Gasteiger partial charge on any atom is 0.472 e. The molecule has 17 nitrogen and oxygen atoms in total. The Morgan fingerprint density at radius 1 is 0.319 bits per heavy atom. The molecule has 3 N–H and O–H groups in total. The van der Waals surface area contributed by atoms with E-state index in [1.807, 2.05) is 0 Å². The van der Waals surface area contributed by atoms with Crippen molar-refractivity contribution >= 4 is 39.5 Å². The quantitative estimate of drug-likeness (QED) is 0.0222. The van der Waals surface area contributed by atoms with E-state index in [9.17, 15) is 43.2 Å². The Morgan fingerprint density at radius 3 is 0.835 bits per heavy atom. The minimum Gasteiger partial charge on any atom is -0.462 e. The van der Waals surface area contributed by atoms with Crippen LogP contribution in [0.2, 0.25) is 0 Å². The van der Waals surface area contributed by atoms with Crippen molar-refractivity contribution in [2.45, 2.75) is 381 Å². The maximum absolute atomic E-state index is 13.0. The van der Waals surface area contributed by atoms with Gasteiger partial charge in [0.05, 0.1) is 26.4 Å². The molecule has 0 aliphatic carbocycles. The number of phosphoric ester groups is 2. The fraction of sp³-hybridized carbons (Fsp3) is 0.944. The predicted molar refractivity (Wildman–Crippen MR) is 368 cm³/mol. The van der Waals surface area contributed by atoms with E-state index in [4.69, 9.17) is 37.0 Å². The first-order valence-corrected chi connectivity index (χ1v) is 40.4. The van der Waals surface area contributed by atoms with Crippen LogP contribution in [0.3, 0.4) is 0 Å². The number of aliphatic hydroxyl groups is 1. The molecule has 0 aromatic rings. The van der Waals surface area contributed by atoms with Crippen LogP contribution in [0.4, 0.5) is 0 Å². The van der Waals surface area contributed by atoms with Gasteiger partial charge in [-0.15, -0.1) is 0 Å². The number of hydrogen-bond acceptors (Lipinski definition) is 15. The van der Waals surface area contributed by atoms with Gasteiger partial charge >= 0.3 is 39.5 Å². The van der Waals surface area contributed by atoms with Gasteiger partial charge in [-0.25, -0.2) is 9.13 Å². The van der Waals surface area contributed by atoms with Crippen LogP contribution in [0.5, 0.6) is 0 Å². The van der Waals surface area contributed by atoms with Gasteiger partial charge in [-0.3, -0.25) is 37.3 Å². The highest BCUT2D eigenvalue weighted by Crippen LogP contribution is 2.45. The Morgan fingerprint density at radius 2 is 0.560 bits per heavy atom. The van der Waals surface area contributed by atoms with Gasteiger partial charge < -0.3 is 33.8 Å². The third-order valence-electron chi connectivity index (χ3n) is 17.0. The van der Waals surface area contributed by atoms with E-state index in [0.29, 0.717) is 25.7 Å². The number of aliphatic hydroxyl groups excluding tert-OH is 1. The number of carbonyl (C=O) groups is 4. The van der Waals surface area contributed by atoms with E-state index in [1.165, 1.54) is 161 Å². The Balaban J connectivity index is 5.21.